The molecule has 1 fully saturated rings. The SMILES string of the molecule is CCNC(=NCc1nc(-c2ccco2)n[nH]1)NC1CCCN(c2ccc(F)cc2C)C1. The first-order valence-corrected chi connectivity index (χ1v) is 10.6. The Labute approximate surface area is 181 Å². The van der Waals surface area contributed by atoms with Crippen molar-refractivity contribution in [3.8, 4) is 11.6 Å². The van der Waals surface area contributed by atoms with Crippen LogP contribution in [0.15, 0.2) is 46.0 Å². The second kappa shape index (κ2) is 9.63. The maximum atomic E-state index is 13.5. The molecule has 1 unspecified atom stereocenters. The molecule has 164 valence electrons. The molecule has 0 radical (unpaired) electrons. The normalized spacial score (nSPS) is 17.1. The van der Waals surface area contributed by atoms with Crippen molar-refractivity contribution in [2.45, 2.75) is 39.3 Å². The molecule has 0 bridgehead atoms. The van der Waals surface area contributed by atoms with Crippen LogP contribution in [-0.4, -0.2) is 46.8 Å². The number of furan rings is 1. The number of H-pyrrole nitrogens is 1. The second-order valence-electron chi connectivity index (χ2n) is 7.64. The van der Waals surface area contributed by atoms with Gasteiger partial charge in [0.05, 0.1) is 6.26 Å². The molecule has 0 spiro atoms. The number of anilines is 1. The van der Waals surface area contributed by atoms with Crippen LogP contribution in [0.4, 0.5) is 10.1 Å². The van der Waals surface area contributed by atoms with Crippen molar-refractivity contribution in [3.63, 3.8) is 0 Å². The number of hydrogen-bond acceptors (Lipinski definition) is 5. The van der Waals surface area contributed by atoms with Gasteiger partial charge in [0.1, 0.15) is 18.2 Å². The predicted molar refractivity (Wildman–Crippen MR) is 118 cm³/mol. The van der Waals surface area contributed by atoms with E-state index in [1.807, 2.05) is 26.0 Å². The van der Waals surface area contributed by atoms with Crippen LogP contribution in [0.5, 0.6) is 0 Å². The highest BCUT2D eigenvalue weighted by Crippen LogP contribution is 2.24. The number of halogens is 1. The average Bonchev–Trinajstić information content (AvgIpc) is 3.44. The Kier molecular flexibility index (Phi) is 6.49. The molecule has 1 atom stereocenters. The first-order valence-electron chi connectivity index (χ1n) is 10.6. The van der Waals surface area contributed by atoms with Crippen molar-refractivity contribution in [1.29, 1.82) is 0 Å². The number of guanidine groups is 1. The van der Waals surface area contributed by atoms with E-state index in [0.717, 1.165) is 49.7 Å². The van der Waals surface area contributed by atoms with E-state index in [1.165, 1.54) is 6.07 Å². The van der Waals surface area contributed by atoms with Gasteiger partial charge in [-0.1, -0.05) is 0 Å². The monoisotopic (exact) mass is 425 g/mol. The topological polar surface area (TPSA) is 94.4 Å². The molecule has 3 aromatic rings. The largest absolute Gasteiger partial charge is 0.461 e. The molecule has 4 rings (SSSR count). The molecule has 1 saturated heterocycles. The molecule has 0 saturated carbocycles. The molecule has 3 N–H and O–H groups in total. The summed E-state index contributed by atoms with van der Waals surface area (Å²) in [4.78, 5) is 11.4. The van der Waals surface area contributed by atoms with Gasteiger partial charge in [-0.15, -0.1) is 5.10 Å². The van der Waals surface area contributed by atoms with E-state index in [9.17, 15) is 4.39 Å². The summed E-state index contributed by atoms with van der Waals surface area (Å²) in [6.07, 6.45) is 3.70. The number of aromatic amines is 1. The van der Waals surface area contributed by atoms with Crippen LogP contribution in [0.1, 0.15) is 31.2 Å². The highest BCUT2D eigenvalue weighted by Gasteiger charge is 2.22. The second-order valence-corrected chi connectivity index (χ2v) is 7.64. The fraction of sp³-hybridized carbons (Fsp3) is 0.409. The summed E-state index contributed by atoms with van der Waals surface area (Å²) in [5, 5.41) is 13.9. The van der Waals surface area contributed by atoms with Crippen molar-refractivity contribution in [1.82, 2.24) is 25.8 Å². The molecular formula is C22H28FN7O. The Morgan fingerprint density at radius 2 is 2.29 bits per heavy atom. The average molecular weight is 426 g/mol. The van der Waals surface area contributed by atoms with Gasteiger partial charge in [0, 0.05) is 31.4 Å². The molecule has 8 nitrogen and oxygen atoms in total. The highest BCUT2D eigenvalue weighted by atomic mass is 19.1. The van der Waals surface area contributed by atoms with Crippen molar-refractivity contribution >= 4 is 11.6 Å². The maximum absolute atomic E-state index is 13.5. The van der Waals surface area contributed by atoms with Gasteiger partial charge in [0.25, 0.3) is 0 Å². The van der Waals surface area contributed by atoms with E-state index >= 15 is 0 Å². The molecule has 1 aliphatic rings. The number of benzene rings is 1. The minimum atomic E-state index is -0.197. The van der Waals surface area contributed by atoms with Crippen LogP contribution in [-0.2, 0) is 6.54 Å². The van der Waals surface area contributed by atoms with Gasteiger partial charge in [0.15, 0.2) is 11.7 Å². The number of nitrogens with zero attached hydrogens (tertiary/aromatic N) is 4. The lowest BCUT2D eigenvalue weighted by atomic mass is 10.0. The minimum absolute atomic E-state index is 0.197. The molecule has 0 aliphatic carbocycles. The fourth-order valence-electron chi connectivity index (χ4n) is 3.84. The van der Waals surface area contributed by atoms with Crippen molar-refractivity contribution in [2.75, 3.05) is 24.5 Å². The lowest BCUT2D eigenvalue weighted by molar-refractivity contribution is 0.467. The number of rotatable bonds is 6. The standard InChI is InChI=1S/C22H28FN7O/c1-3-24-22(25-13-20-27-21(29-28-20)19-7-5-11-31-19)26-17-6-4-10-30(14-17)18-9-8-16(23)12-15(18)2/h5,7-9,11-12,17H,3-4,6,10,13-14H2,1-2H3,(H2,24,25,26)(H,27,28,29). The summed E-state index contributed by atoms with van der Waals surface area (Å²) >= 11 is 0. The third-order valence-corrected chi connectivity index (χ3v) is 5.27. The molecule has 31 heavy (non-hydrogen) atoms. The summed E-state index contributed by atoms with van der Waals surface area (Å²) in [5.41, 5.74) is 2.04. The Balaban J connectivity index is 1.40. The van der Waals surface area contributed by atoms with E-state index in [1.54, 1.807) is 18.4 Å². The fourth-order valence-corrected chi connectivity index (χ4v) is 3.84. The van der Waals surface area contributed by atoms with Crippen LogP contribution >= 0.6 is 0 Å². The third kappa shape index (κ3) is 5.22. The quantitative estimate of drug-likeness (QED) is 0.415. The van der Waals surface area contributed by atoms with Crippen molar-refractivity contribution in [3.05, 3.63) is 53.8 Å². The lowest BCUT2D eigenvalue weighted by Crippen LogP contribution is -2.51. The van der Waals surface area contributed by atoms with E-state index in [2.05, 4.69) is 35.7 Å². The Morgan fingerprint density at radius 1 is 1.39 bits per heavy atom. The molecule has 9 heteroatoms. The number of hydrogen-bond donors (Lipinski definition) is 3. The summed E-state index contributed by atoms with van der Waals surface area (Å²) in [7, 11) is 0. The molecule has 2 aromatic heterocycles. The third-order valence-electron chi connectivity index (χ3n) is 5.27. The number of aryl methyl sites for hydroxylation is 1. The lowest BCUT2D eigenvalue weighted by Gasteiger charge is -2.36. The van der Waals surface area contributed by atoms with Crippen molar-refractivity contribution < 1.29 is 8.81 Å². The summed E-state index contributed by atoms with van der Waals surface area (Å²) in [5.74, 6) is 2.34. The molecule has 1 aromatic carbocycles. The number of piperidine rings is 1. The first kappa shape index (κ1) is 20.9. The summed E-state index contributed by atoms with van der Waals surface area (Å²) < 4.78 is 18.8. The van der Waals surface area contributed by atoms with Crippen LogP contribution in [0.3, 0.4) is 0 Å². The van der Waals surface area contributed by atoms with Gasteiger partial charge in [0.2, 0.25) is 5.82 Å². The van der Waals surface area contributed by atoms with E-state index in [4.69, 9.17) is 4.42 Å². The van der Waals surface area contributed by atoms with Gasteiger partial charge < -0.3 is 20.0 Å². The summed E-state index contributed by atoms with van der Waals surface area (Å²) in [6, 6.07) is 8.85. The zero-order valence-electron chi connectivity index (χ0n) is 17.9. The Hall–Kier alpha value is -3.36. The van der Waals surface area contributed by atoms with Gasteiger partial charge >= 0.3 is 0 Å². The zero-order chi connectivity index (χ0) is 21.6. The van der Waals surface area contributed by atoms with Gasteiger partial charge in [-0.3, -0.25) is 5.10 Å². The maximum Gasteiger partial charge on any atom is 0.216 e. The van der Waals surface area contributed by atoms with Crippen LogP contribution in [0.2, 0.25) is 0 Å². The molecule has 1 aliphatic heterocycles. The van der Waals surface area contributed by atoms with E-state index in [0.29, 0.717) is 24.0 Å². The van der Waals surface area contributed by atoms with Gasteiger partial charge in [-0.2, -0.15) is 0 Å². The van der Waals surface area contributed by atoms with Crippen LogP contribution in [0.25, 0.3) is 11.6 Å². The van der Waals surface area contributed by atoms with Gasteiger partial charge in [-0.05, 0) is 62.6 Å². The Bertz CT molecular complexity index is 1010. The zero-order valence-corrected chi connectivity index (χ0v) is 17.9. The molecule has 0 amide bonds. The minimum Gasteiger partial charge on any atom is -0.461 e. The highest BCUT2D eigenvalue weighted by molar-refractivity contribution is 5.80. The number of nitrogens with one attached hydrogen (secondary N) is 3. The summed E-state index contributed by atoms with van der Waals surface area (Å²) in [6.45, 7) is 6.92. The predicted octanol–water partition coefficient (Wildman–Crippen LogP) is 3.24. The molecule has 3 heterocycles. The van der Waals surface area contributed by atoms with Gasteiger partial charge in [-0.25, -0.2) is 14.4 Å². The number of aliphatic imine (C=N–C) groups is 1. The van der Waals surface area contributed by atoms with E-state index < -0.39 is 0 Å². The van der Waals surface area contributed by atoms with Crippen LogP contribution in [0, 0.1) is 12.7 Å². The smallest absolute Gasteiger partial charge is 0.216 e. The van der Waals surface area contributed by atoms with E-state index in [-0.39, 0.29) is 11.9 Å². The first-order chi connectivity index (χ1) is 15.1. The van der Waals surface area contributed by atoms with Crippen molar-refractivity contribution in [2.24, 2.45) is 4.99 Å². The Morgan fingerprint density at radius 3 is 3.06 bits per heavy atom. The number of aromatic nitrogens is 3. The van der Waals surface area contributed by atoms with Crippen LogP contribution < -0.4 is 15.5 Å². The molecular weight excluding hydrogens is 397 g/mol.